The second kappa shape index (κ2) is 8.59. The highest BCUT2D eigenvalue weighted by atomic mass is 15.1. The zero-order valence-corrected chi connectivity index (χ0v) is 15.7. The molecule has 0 amide bonds. The van der Waals surface area contributed by atoms with Gasteiger partial charge in [0.15, 0.2) is 5.82 Å². The molecule has 0 atom stereocenters. The van der Waals surface area contributed by atoms with Gasteiger partial charge in [-0.15, -0.1) is 0 Å². The minimum absolute atomic E-state index is 0.754. The van der Waals surface area contributed by atoms with E-state index >= 15 is 0 Å². The van der Waals surface area contributed by atoms with Crippen LogP contribution in [-0.2, 0) is 6.54 Å². The average Bonchev–Trinajstić information content (AvgIpc) is 2.69. The van der Waals surface area contributed by atoms with Gasteiger partial charge in [-0.2, -0.15) is 0 Å². The van der Waals surface area contributed by atoms with Crippen molar-refractivity contribution in [3.05, 3.63) is 71.9 Å². The quantitative estimate of drug-likeness (QED) is 0.651. The number of para-hydroxylation sites is 1. The van der Waals surface area contributed by atoms with Crippen molar-refractivity contribution in [1.29, 1.82) is 0 Å². The van der Waals surface area contributed by atoms with Gasteiger partial charge in [0.2, 0.25) is 0 Å². The average molecular weight is 346 g/mol. The number of rotatable bonds is 7. The van der Waals surface area contributed by atoms with Crippen molar-refractivity contribution in [2.24, 2.45) is 0 Å². The number of benzene rings is 2. The van der Waals surface area contributed by atoms with Crippen molar-refractivity contribution in [3.63, 3.8) is 0 Å². The highest BCUT2D eigenvalue weighted by Crippen LogP contribution is 2.26. The van der Waals surface area contributed by atoms with Gasteiger partial charge in [-0.1, -0.05) is 62.4 Å². The second-order valence-corrected chi connectivity index (χ2v) is 6.28. The van der Waals surface area contributed by atoms with Crippen LogP contribution in [0.2, 0.25) is 0 Å². The lowest BCUT2D eigenvalue weighted by Gasteiger charge is -2.22. The van der Waals surface area contributed by atoms with Gasteiger partial charge < -0.3 is 5.32 Å². The smallest absolute Gasteiger partial charge is 0.161 e. The monoisotopic (exact) mass is 346 g/mol. The molecule has 0 spiro atoms. The van der Waals surface area contributed by atoms with Gasteiger partial charge in [-0.25, -0.2) is 9.97 Å². The molecule has 1 aromatic heterocycles. The van der Waals surface area contributed by atoms with E-state index in [0.29, 0.717) is 0 Å². The van der Waals surface area contributed by atoms with E-state index in [4.69, 9.17) is 9.97 Å². The molecule has 3 aromatic rings. The fourth-order valence-electron chi connectivity index (χ4n) is 2.93. The van der Waals surface area contributed by atoms with E-state index in [1.807, 2.05) is 48.5 Å². The summed E-state index contributed by atoms with van der Waals surface area (Å²) < 4.78 is 0. The molecule has 0 saturated heterocycles. The van der Waals surface area contributed by atoms with E-state index in [2.05, 4.69) is 43.1 Å². The number of hydrogen-bond donors (Lipinski definition) is 1. The van der Waals surface area contributed by atoms with Crippen LogP contribution in [0.25, 0.3) is 11.4 Å². The van der Waals surface area contributed by atoms with E-state index < -0.39 is 0 Å². The van der Waals surface area contributed by atoms with Crippen molar-refractivity contribution in [2.45, 2.75) is 27.3 Å². The molecule has 0 unspecified atom stereocenters. The lowest BCUT2D eigenvalue weighted by Crippen LogP contribution is -2.24. The minimum Gasteiger partial charge on any atom is -0.340 e. The number of anilines is 2. The maximum atomic E-state index is 4.87. The van der Waals surface area contributed by atoms with Crippen LogP contribution in [0.4, 0.5) is 11.5 Å². The van der Waals surface area contributed by atoms with Gasteiger partial charge in [0, 0.05) is 29.1 Å². The summed E-state index contributed by atoms with van der Waals surface area (Å²) in [5, 5.41) is 3.50. The Bertz CT molecular complexity index is 828. The van der Waals surface area contributed by atoms with Gasteiger partial charge in [-0.05, 0) is 32.1 Å². The molecule has 26 heavy (non-hydrogen) atoms. The maximum Gasteiger partial charge on any atom is 0.161 e. The number of nitrogens with zero attached hydrogens (tertiary/aromatic N) is 3. The molecule has 0 aliphatic carbocycles. The van der Waals surface area contributed by atoms with E-state index in [9.17, 15) is 0 Å². The number of aryl methyl sites for hydroxylation is 1. The second-order valence-electron chi connectivity index (χ2n) is 6.28. The fraction of sp³-hybridized carbons (Fsp3) is 0.273. The van der Waals surface area contributed by atoms with Crippen LogP contribution in [0.15, 0.2) is 60.7 Å². The Balaban J connectivity index is 2.04. The van der Waals surface area contributed by atoms with E-state index in [1.54, 1.807) is 0 Å². The Morgan fingerprint density at radius 1 is 0.846 bits per heavy atom. The highest BCUT2D eigenvalue weighted by Gasteiger charge is 2.15. The van der Waals surface area contributed by atoms with Crippen molar-refractivity contribution in [1.82, 2.24) is 14.9 Å². The minimum atomic E-state index is 0.754. The normalized spacial score (nSPS) is 10.9. The molecule has 0 aliphatic rings. The first-order chi connectivity index (χ1) is 12.7. The Morgan fingerprint density at radius 2 is 1.46 bits per heavy atom. The largest absolute Gasteiger partial charge is 0.340 e. The Kier molecular flexibility index (Phi) is 5.97. The summed E-state index contributed by atoms with van der Waals surface area (Å²) in [5.74, 6) is 1.64. The summed E-state index contributed by atoms with van der Waals surface area (Å²) >= 11 is 0. The molecule has 4 heteroatoms. The summed E-state index contributed by atoms with van der Waals surface area (Å²) in [6.07, 6.45) is 0. The Labute approximate surface area is 155 Å². The van der Waals surface area contributed by atoms with E-state index in [0.717, 1.165) is 53.8 Å². The SMILES string of the molecule is CCN(CC)Cc1c(C)nc(-c2ccccc2)nc1Nc1ccccc1. The van der Waals surface area contributed by atoms with Crippen molar-refractivity contribution >= 4 is 11.5 Å². The van der Waals surface area contributed by atoms with Crippen LogP contribution < -0.4 is 5.32 Å². The lowest BCUT2D eigenvalue weighted by atomic mass is 10.1. The molecule has 3 rings (SSSR count). The number of nitrogens with one attached hydrogen (secondary N) is 1. The van der Waals surface area contributed by atoms with Crippen LogP contribution in [0, 0.1) is 6.92 Å². The predicted octanol–water partition coefficient (Wildman–Crippen LogP) is 5.04. The number of hydrogen-bond acceptors (Lipinski definition) is 4. The molecule has 134 valence electrons. The molecule has 0 radical (unpaired) electrons. The molecule has 0 aliphatic heterocycles. The first-order valence-corrected chi connectivity index (χ1v) is 9.18. The fourth-order valence-corrected chi connectivity index (χ4v) is 2.93. The first-order valence-electron chi connectivity index (χ1n) is 9.18. The first kappa shape index (κ1) is 18.1. The molecule has 4 nitrogen and oxygen atoms in total. The molecular formula is C22H26N4. The van der Waals surface area contributed by atoms with Gasteiger partial charge in [-0.3, -0.25) is 4.90 Å². The number of aromatic nitrogens is 2. The van der Waals surface area contributed by atoms with Crippen molar-refractivity contribution in [3.8, 4) is 11.4 Å². The standard InChI is InChI=1S/C22H26N4/c1-4-26(5-2)16-20-17(3)23-21(18-12-8-6-9-13-18)25-22(20)24-19-14-10-7-11-15-19/h6-15H,4-5,16H2,1-3H3,(H,23,24,25). The molecule has 1 N–H and O–H groups in total. The van der Waals surface area contributed by atoms with Crippen molar-refractivity contribution < 1.29 is 0 Å². The van der Waals surface area contributed by atoms with Gasteiger partial charge in [0.25, 0.3) is 0 Å². The zero-order chi connectivity index (χ0) is 18.4. The third kappa shape index (κ3) is 4.27. The van der Waals surface area contributed by atoms with Crippen LogP contribution >= 0.6 is 0 Å². The predicted molar refractivity (Wildman–Crippen MR) is 109 cm³/mol. The maximum absolute atomic E-state index is 4.87. The summed E-state index contributed by atoms with van der Waals surface area (Å²) in [6, 6.07) is 20.3. The van der Waals surface area contributed by atoms with Gasteiger partial charge in [0.1, 0.15) is 5.82 Å². The van der Waals surface area contributed by atoms with E-state index in [-0.39, 0.29) is 0 Å². The summed E-state index contributed by atoms with van der Waals surface area (Å²) in [5.41, 5.74) is 4.23. The molecule has 0 fully saturated rings. The third-order valence-corrected chi connectivity index (χ3v) is 4.56. The Morgan fingerprint density at radius 3 is 2.08 bits per heavy atom. The molecule has 0 saturated carbocycles. The van der Waals surface area contributed by atoms with Crippen LogP contribution in [0.1, 0.15) is 25.1 Å². The summed E-state index contributed by atoms with van der Waals surface area (Å²) in [6.45, 7) is 9.28. The third-order valence-electron chi connectivity index (χ3n) is 4.56. The molecule has 0 bridgehead atoms. The van der Waals surface area contributed by atoms with E-state index in [1.165, 1.54) is 0 Å². The zero-order valence-electron chi connectivity index (χ0n) is 15.7. The van der Waals surface area contributed by atoms with Crippen molar-refractivity contribution in [2.75, 3.05) is 18.4 Å². The summed E-state index contributed by atoms with van der Waals surface area (Å²) in [7, 11) is 0. The van der Waals surface area contributed by atoms with Crippen LogP contribution in [0.3, 0.4) is 0 Å². The van der Waals surface area contributed by atoms with Crippen LogP contribution in [-0.4, -0.2) is 28.0 Å². The van der Waals surface area contributed by atoms with Crippen LogP contribution in [0.5, 0.6) is 0 Å². The molecule has 2 aromatic carbocycles. The lowest BCUT2D eigenvalue weighted by molar-refractivity contribution is 0.295. The topological polar surface area (TPSA) is 41.1 Å². The summed E-state index contributed by atoms with van der Waals surface area (Å²) in [4.78, 5) is 12.0. The highest BCUT2D eigenvalue weighted by molar-refractivity contribution is 5.64. The molecular weight excluding hydrogens is 320 g/mol. The van der Waals surface area contributed by atoms with Gasteiger partial charge >= 0.3 is 0 Å². The molecule has 1 heterocycles. The Hall–Kier alpha value is -2.72. The van der Waals surface area contributed by atoms with Gasteiger partial charge in [0.05, 0.1) is 0 Å².